The van der Waals surface area contributed by atoms with Gasteiger partial charge in [0, 0.05) is 22.6 Å². The molecule has 20 heavy (non-hydrogen) atoms. The highest BCUT2D eigenvalue weighted by Gasteiger charge is 2.15. The van der Waals surface area contributed by atoms with Crippen LogP contribution in [0.2, 0.25) is 0 Å². The zero-order valence-corrected chi connectivity index (χ0v) is 13.5. The summed E-state index contributed by atoms with van der Waals surface area (Å²) in [6, 6.07) is 8.03. The zero-order chi connectivity index (χ0) is 14.5. The zero-order valence-electron chi connectivity index (χ0n) is 11.9. The average Bonchev–Trinajstić information content (AvgIpc) is 2.76. The van der Waals surface area contributed by atoms with Gasteiger partial charge in [-0.15, -0.1) is 0 Å². The molecule has 0 radical (unpaired) electrons. The summed E-state index contributed by atoms with van der Waals surface area (Å²) in [6.07, 6.45) is 0. The van der Waals surface area contributed by atoms with Crippen LogP contribution in [0.1, 0.15) is 30.0 Å². The normalized spacial score (nSPS) is 12.4. The molecule has 2 aromatic rings. The Kier molecular flexibility index (Phi) is 5.20. The molecule has 0 saturated heterocycles. The number of hydrogen-bond acceptors (Lipinski definition) is 4. The van der Waals surface area contributed by atoms with Crippen molar-refractivity contribution in [1.82, 2.24) is 10.5 Å². The maximum Gasteiger partial charge on any atom is 0.138 e. The third-order valence-corrected chi connectivity index (χ3v) is 3.69. The minimum Gasteiger partial charge on any atom is -0.492 e. The molecular formula is C15H19BrN2O2. The largest absolute Gasteiger partial charge is 0.492 e. The van der Waals surface area contributed by atoms with Crippen LogP contribution in [0, 0.1) is 13.8 Å². The number of nitrogens with zero attached hydrogens (tertiary/aromatic N) is 1. The van der Waals surface area contributed by atoms with Crippen molar-refractivity contribution < 1.29 is 9.26 Å². The van der Waals surface area contributed by atoms with Crippen LogP contribution in [-0.4, -0.2) is 18.3 Å². The van der Waals surface area contributed by atoms with Crippen LogP contribution in [0.3, 0.4) is 0 Å². The van der Waals surface area contributed by atoms with E-state index < -0.39 is 0 Å². The van der Waals surface area contributed by atoms with E-state index in [1.165, 1.54) is 0 Å². The van der Waals surface area contributed by atoms with Crippen LogP contribution < -0.4 is 10.1 Å². The summed E-state index contributed by atoms with van der Waals surface area (Å²) in [7, 11) is 0. The number of nitrogens with one attached hydrogen (secondary N) is 1. The number of halogens is 1. The van der Waals surface area contributed by atoms with Crippen molar-refractivity contribution in [3.8, 4) is 5.75 Å². The molecule has 0 aliphatic rings. The average molecular weight is 339 g/mol. The highest BCUT2D eigenvalue weighted by atomic mass is 79.9. The third kappa shape index (κ3) is 3.84. The highest BCUT2D eigenvalue weighted by molar-refractivity contribution is 9.10. The second-order valence-electron chi connectivity index (χ2n) is 4.72. The first-order valence-electron chi connectivity index (χ1n) is 6.62. The smallest absolute Gasteiger partial charge is 0.138 e. The molecule has 0 bridgehead atoms. The Bertz CT molecular complexity index is 532. The number of ether oxygens (including phenoxy) is 1. The number of aryl methyl sites for hydroxylation is 2. The fourth-order valence-electron chi connectivity index (χ4n) is 2.19. The van der Waals surface area contributed by atoms with E-state index >= 15 is 0 Å². The Labute approximate surface area is 127 Å². The fourth-order valence-corrected chi connectivity index (χ4v) is 2.45. The molecule has 1 N–H and O–H groups in total. The van der Waals surface area contributed by atoms with Crippen LogP contribution in [-0.2, 0) is 0 Å². The lowest BCUT2D eigenvalue weighted by Crippen LogP contribution is -2.25. The third-order valence-electron chi connectivity index (χ3n) is 3.16. The van der Waals surface area contributed by atoms with Gasteiger partial charge in [0.25, 0.3) is 0 Å². The lowest BCUT2D eigenvalue weighted by Gasteiger charge is -2.14. The lowest BCUT2D eigenvalue weighted by molar-refractivity contribution is 0.307. The number of aromatic nitrogens is 1. The summed E-state index contributed by atoms with van der Waals surface area (Å²) in [5.41, 5.74) is 2.07. The number of benzene rings is 1. The van der Waals surface area contributed by atoms with E-state index in [2.05, 4.69) is 33.3 Å². The summed E-state index contributed by atoms with van der Waals surface area (Å²) >= 11 is 3.40. The van der Waals surface area contributed by atoms with Crippen molar-refractivity contribution in [3.63, 3.8) is 0 Å². The van der Waals surface area contributed by atoms with Gasteiger partial charge in [0.05, 0.1) is 5.69 Å². The maximum absolute atomic E-state index is 5.67. The Morgan fingerprint density at radius 1 is 1.30 bits per heavy atom. The first-order chi connectivity index (χ1) is 9.58. The molecule has 0 fully saturated rings. The molecule has 2 rings (SSSR count). The molecule has 4 nitrogen and oxygen atoms in total. The Hall–Kier alpha value is -1.33. The second kappa shape index (κ2) is 6.90. The summed E-state index contributed by atoms with van der Waals surface area (Å²) in [5, 5.41) is 7.38. The van der Waals surface area contributed by atoms with Gasteiger partial charge in [0.2, 0.25) is 0 Å². The molecule has 0 amide bonds. The minimum atomic E-state index is 0.203. The van der Waals surface area contributed by atoms with Crippen molar-refractivity contribution in [3.05, 3.63) is 45.8 Å². The molecule has 1 aromatic heterocycles. The predicted octanol–water partition coefficient (Wildman–Crippen LogP) is 3.78. The van der Waals surface area contributed by atoms with Gasteiger partial charge >= 0.3 is 0 Å². The maximum atomic E-state index is 5.67. The monoisotopic (exact) mass is 338 g/mol. The summed E-state index contributed by atoms with van der Waals surface area (Å²) in [5.74, 6) is 1.75. The second-order valence-corrected chi connectivity index (χ2v) is 5.63. The van der Waals surface area contributed by atoms with Crippen molar-refractivity contribution in [1.29, 1.82) is 0 Å². The van der Waals surface area contributed by atoms with Crippen molar-refractivity contribution in [2.24, 2.45) is 0 Å². The Morgan fingerprint density at radius 2 is 2.00 bits per heavy atom. The summed E-state index contributed by atoms with van der Waals surface area (Å²) in [4.78, 5) is 0. The number of rotatable bonds is 6. The van der Waals surface area contributed by atoms with E-state index in [0.29, 0.717) is 6.61 Å². The molecule has 0 aliphatic heterocycles. The molecular weight excluding hydrogens is 320 g/mol. The van der Waals surface area contributed by atoms with Gasteiger partial charge < -0.3 is 14.6 Å². The predicted molar refractivity (Wildman–Crippen MR) is 82.0 cm³/mol. The fraction of sp³-hybridized carbons (Fsp3) is 0.400. The van der Waals surface area contributed by atoms with Crippen LogP contribution in [0.25, 0.3) is 0 Å². The van der Waals surface area contributed by atoms with E-state index in [-0.39, 0.29) is 6.04 Å². The van der Waals surface area contributed by atoms with Crippen LogP contribution in [0.15, 0.2) is 33.3 Å². The van der Waals surface area contributed by atoms with E-state index in [1.54, 1.807) is 0 Å². The van der Waals surface area contributed by atoms with E-state index in [4.69, 9.17) is 9.26 Å². The van der Waals surface area contributed by atoms with Gasteiger partial charge in [-0.2, -0.15) is 0 Å². The SMILES string of the molecule is Cc1noc(C)c1C(C)NCCOc1ccc(Br)cc1. The molecule has 5 heteroatoms. The van der Waals surface area contributed by atoms with Crippen LogP contribution in [0.5, 0.6) is 5.75 Å². The van der Waals surface area contributed by atoms with Crippen LogP contribution in [0.4, 0.5) is 0 Å². The minimum absolute atomic E-state index is 0.203. The van der Waals surface area contributed by atoms with Crippen LogP contribution >= 0.6 is 15.9 Å². The summed E-state index contributed by atoms with van der Waals surface area (Å²) < 4.78 is 11.9. The molecule has 0 saturated carbocycles. The molecule has 1 atom stereocenters. The van der Waals surface area contributed by atoms with Gasteiger partial charge in [-0.1, -0.05) is 21.1 Å². The van der Waals surface area contributed by atoms with Crippen molar-refractivity contribution in [2.45, 2.75) is 26.8 Å². The van der Waals surface area contributed by atoms with Crippen molar-refractivity contribution in [2.75, 3.05) is 13.2 Å². The Morgan fingerprint density at radius 3 is 2.60 bits per heavy atom. The molecule has 1 aromatic carbocycles. The molecule has 108 valence electrons. The molecule has 0 aliphatic carbocycles. The van der Waals surface area contributed by atoms with E-state index in [9.17, 15) is 0 Å². The quantitative estimate of drug-likeness (QED) is 0.814. The topological polar surface area (TPSA) is 47.3 Å². The molecule has 0 spiro atoms. The van der Waals surface area contributed by atoms with E-state index in [1.807, 2.05) is 38.1 Å². The van der Waals surface area contributed by atoms with Gasteiger partial charge in [0.15, 0.2) is 0 Å². The Balaban J connectivity index is 1.77. The molecule has 1 unspecified atom stereocenters. The first kappa shape index (κ1) is 15.1. The van der Waals surface area contributed by atoms with Crippen molar-refractivity contribution >= 4 is 15.9 Å². The number of hydrogen-bond donors (Lipinski definition) is 1. The standard InChI is InChI=1S/C15H19BrN2O2/c1-10(15-11(2)18-20-12(15)3)17-8-9-19-14-6-4-13(16)5-7-14/h4-7,10,17H,8-9H2,1-3H3. The van der Waals surface area contributed by atoms with Gasteiger partial charge in [0.1, 0.15) is 18.1 Å². The highest BCUT2D eigenvalue weighted by Crippen LogP contribution is 2.20. The molecule has 1 heterocycles. The van der Waals surface area contributed by atoms with Gasteiger partial charge in [-0.25, -0.2) is 0 Å². The van der Waals surface area contributed by atoms with Gasteiger partial charge in [-0.3, -0.25) is 0 Å². The summed E-state index contributed by atoms with van der Waals surface area (Å²) in [6.45, 7) is 7.39. The first-order valence-corrected chi connectivity index (χ1v) is 7.41. The van der Waals surface area contributed by atoms with Gasteiger partial charge in [-0.05, 0) is 45.0 Å². The lowest BCUT2D eigenvalue weighted by atomic mass is 10.1. The van der Waals surface area contributed by atoms with E-state index in [0.717, 1.165) is 33.8 Å².